The van der Waals surface area contributed by atoms with Gasteiger partial charge in [0.15, 0.2) is 5.11 Å². The summed E-state index contributed by atoms with van der Waals surface area (Å²) in [6.07, 6.45) is -2.98. The van der Waals surface area contributed by atoms with Crippen molar-refractivity contribution >= 4 is 17.3 Å². The smallest absolute Gasteiger partial charge is 0.339 e. The van der Waals surface area contributed by atoms with Gasteiger partial charge in [0.25, 0.3) is 0 Å². The molecular weight excluding hydrogens is 201 g/mol. The average Bonchev–Trinajstić information content (AvgIpc) is 1.95. The fourth-order valence-corrected chi connectivity index (χ4v) is 1.42. The zero-order chi connectivity index (χ0) is 10.2. The maximum atomic E-state index is 12.4. The molecule has 1 heterocycles. The van der Waals surface area contributed by atoms with Gasteiger partial charge in [-0.05, 0) is 24.7 Å². The number of nitrogens with zero attached hydrogens (tertiary/aromatic N) is 1. The summed E-state index contributed by atoms with van der Waals surface area (Å²) in [5.74, 6) is 0. The number of nitrogens with one attached hydrogen (secondary N) is 1. The van der Waals surface area contributed by atoms with Crippen molar-refractivity contribution in [1.29, 1.82) is 0 Å². The molecule has 2 nitrogen and oxygen atoms in total. The van der Waals surface area contributed by atoms with E-state index in [1.807, 2.05) is 0 Å². The SMILES string of the molecule is CC1=CNC(=S)N(C)C1C(F)(F)F. The van der Waals surface area contributed by atoms with Crippen LogP contribution in [0.1, 0.15) is 6.92 Å². The molecule has 1 rings (SSSR count). The van der Waals surface area contributed by atoms with Crippen molar-refractivity contribution in [1.82, 2.24) is 10.2 Å². The Balaban J connectivity index is 2.99. The molecule has 0 spiro atoms. The lowest BCUT2D eigenvalue weighted by atomic mass is 10.1. The molecule has 6 heteroatoms. The van der Waals surface area contributed by atoms with E-state index in [-0.39, 0.29) is 10.7 Å². The third kappa shape index (κ3) is 1.93. The van der Waals surface area contributed by atoms with E-state index in [1.54, 1.807) is 0 Å². The first kappa shape index (κ1) is 10.3. The van der Waals surface area contributed by atoms with Gasteiger partial charge >= 0.3 is 6.18 Å². The van der Waals surface area contributed by atoms with Crippen molar-refractivity contribution in [2.45, 2.75) is 19.1 Å². The Morgan fingerprint density at radius 2 is 2.08 bits per heavy atom. The van der Waals surface area contributed by atoms with Crippen LogP contribution >= 0.6 is 12.2 Å². The van der Waals surface area contributed by atoms with Gasteiger partial charge in [-0.2, -0.15) is 13.2 Å². The minimum Gasteiger partial charge on any atom is -0.339 e. The van der Waals surface area contributed by atoms with E-state index >= 15 is 0 Å². The molecule has 0 bridgehead atoms. The first-order chi connectivity index (χ1) is 5.84. The van der Waals surface area contributed by atoms with Crippen LogP contribution in [0.3, 0.4) is 0 Å². The van der Waals surface area contributed by atoms with E-state index in [1.165, 1.54) is 20.2 Å². The molecule has 1 aliphatic rings. The Bertz CT molecular complexity index is 259. The first-order valence-corrected chi connectivity index (χ1v) is 4.01. The molecule has 0 saturated heterocycles. The summed E-state index contributed by atoms with van der Waals surface area (Å²) in [5.41, 5.74) is 0.212. The number of thiocarbonyl (C=S) groups is 1. The second kappa shape index (κ2) is 3.17. The molecule has 0 radical (unpaired) electrons. The number of likely N-dealkylation sites (N-methyl/N-ethyl adjacent to an activating group) is 1. The predicted octanol–water partition coefficient (Wildman–Crippen LogP) is 1.64. The van der Waals surface area contributed by atoms with Gasteiger partial charge in [-0.25, -0.2) is 0 Å². The van der Waals surface area contributed by atoms with Gasteiger partial charge in [0.1, 0.15) is 6.04 Å². The second-order valence-corrected chi connectivity index (χ2v) is 3.28. The van der Waals surface area contributed by atoms with Gasteiger partial charge in [0.05, 0.1) is 0 Å². The van der Waals surface area contributed by atoms with Crippen LogP contribution in [0.4, 0.5) is 13.2 Å². The third-order valence-corrected chi connectivity index (χ3v) is 2.28. The Kier molecular flexibility index (Phi) is 2.51. The quantitative estimate of drug-likeness (QED) is 0.612. The number of halogens is 3. The second-order valence-electron chi connectivity index (χ2n) is 2.89. The predicted molar refractivity (Wildman–Crippen MR) is 47.1 cm³/mol. The molecular formula is C7H9F3N2S. The molecule has 0 saturated carbocycles. The highest BCUT2D eigenvalue weighted by Gasteiger charge is 2.45. The Morgan fingerprint density at radius 1 is 1.54 bits per heavy atom. The average molecular weight is 210 g/mol. The number of rotatable bonds is 0. The molecule has 1 aliphatic heterocycles. The summed E-state index contributed by atoms with van der Waals surface area (Å²) in [7, 11) is 1.32. The highest BCUT2D eigenvalue weighted by Crippen LogP contribution is 2.30. The van der Waals surface area contributed by atoms with Crippen LogP contribution in [0.15, 0.2) is 11.8 Å². The van der Waals surface area contributed by atoms with Gasteiger partial charge < -0.3 is 10.2 Å². The van der Waals surface area contributed by atoms with Crippen LogP contribution in [0.5, 0.6) is 0 Å². The fraction of sp³-hybridized carbons (Fsp3) is 0.571. The maximum Gasteiger partial charge on any atom is 0.412 e. The van der Waals surface area contributed by atoms with E-state index in [0.29, 0.717) is 0 Å². The lowest BCUT2D eigenvalue weighted by Gasteiger charge is -2.35. The fourth-order valence-electron chi connectivity index (χ4n) is 1.26. The highest BCUT2D eigenvalue weighted by atomic mass is 32.1. The van der Waals surface area contributed by atoms with Crippen LogP contribution in [0, 0.1) is 0 Å². The zero-order valence-corrected chi connectivity index (χ0v) is 7.96. The largest absolute Gasteiger partial charge is 0.412 e. The van der Waals surface area contributed by atoms with Crippen molar-refractivity contribution in [3.05, 3.63) is 11.8 Å². The van der Waals surface area contributed by atoms with Crippen LogP contribution < -0.4 is 5.32 Å². The molecule has 13 heavy (non-hydrogen) atoms. The molecule has 0 aliphatic carbocycles. The van der Waals surface area contributed by atoms with Crippen molar-refractivity contribution < 1.29 is 13.2 Å². The van der Waals surface area contributed by atoms with Gasteiger partial charge in [-0.1, -0.05) is 0 Å². The standard InChI is InChI=1S/C7H9F3N2S/c1-4-3-11-6(13)12(2)5(4)7(8,9)10/h3,5H,1-2H3,(H,11,13). The number of hydrogen-bond acceptors (Lipinski definition) is 1. The van der Waals surface area contributed by atoms with E-state index in [0.717, 1.165) is 4.90 Å². The lowest BCUT2D eigenvalue weighted by Crippen LogP contribution is -2.53. The molecule has 1 atom stereocenters. The molecule has 0 aromatic rings. The van der Waals surface area contributed by atoms with Crippen molar-refractivity contribution in [2.75, 3.05) is 7.05 Å². The first-order valence-electron chi connectivity index (χ1n) is 3.60. The number of alkyl halides is 3. The molecule has 1 N–H and O–H groups in total. The van der Waals surface area contributed by atoms with E-state index < -0.39 is 12.2 Å². The summed E-state index contributed by atoms with van der Waals surface area (Å²) in [6.45, 7) is 1.42. The van der Waals surface area contributed by atoms with Crippen LogP contribution in [0.2, 0.25) is 0 Å². The van der Waals surface area contributed by atoms with Crippen LogP contribution in [-0.4, -0.2) is 29.3 Å². The minimum atomic E-state index is -4.28. The molecule has 74 valence electrons. The summed E-state index contributed by atoms with van der Waals surface area (Å²) >= 11 is 4.70. The molecule has 0 aromatic heterocycles. The van der Waals surface area contributed by atoms with Crippen LogP contribution in [-0.2, 0) is 0 Å². The summed E-state index contributed by atoms with van der Waals surface area (Å²) in [6, 6.07) is -1.60. The van der Waals surface area contributed by atoms with E-state index in [2.05, 4.69) is 5.32 Å². The van der Waals surface area contributed by atoms with Gasteiger partial charge in [0, 0.05) is 13.2 Å². The minimum absolute atomic E-state index is 0.0907. The molecule has 0 aromatic carbocycles. The summed E-state index contributed by atoms with van der Waals surface area (Å²) in [4.78, 5) is 1.00. The van der Waals surface area contributed by atoms with Gasteiger partial charge in [0.2, 0.25) is 0 Å². The Morgan fingerprint density at radius 3 is 2.46 bits per heavy atom. The van der Waals surface area contributed by atoms with Crippen molar-refractivity contribution in [3.8, 4) is 0 Å². The summed E-state index contributed by atoms with van der Waals surface area (Å²) < 4.78 is 37.3. The third-order valence-electron chi connectivity index (χ3n) is 1.87. The normalized spacial score (nSPS) is 24.1. The Labute approximate surface area is 79.4 Å². The summed E-state index contributed by atoms with van der Waals surface area (Å²) in [5, 5.41) is 2.67. The number of hydrogen-bond donors (Lipinski definition) is 1. The monoisotopic (exact) mass is 210 g/mol. The van der Waals surface area contributed by atoms with Crippen molar-refractivity contribution in [2.24, 2.45) is 0 Å². The van der Waals surface area contributed by atoms with Gasteiger partial charge in [-0.15, -0.1) is 0 Å². The van der Waals surface area contributed by atoms with Crippen LogP contribution in [0.25, 0.3) is 0 Å². The van der Waals surface area contributed by atoms with Crippen molar-refractivity contribution in [3.63, 3.8) is 0 Å². The molecule has 0 amide bonds. The topological polar surface area (TPSA) is 15.3 Å². The molecule has 1 unspecified atom stereocenters. The van der Waals surface area contributed by atoms with Gasteiger partial charge in [-0.3, -0.25) is 0 Å². The zero-order valence-electron chi connectivity index (χ0n) is 7.14. The Hall–Kier alpha value is -0.780. The maximum absolute atomic E-state index is 12.4. The molecule has 0 fully saturated rings. The highest BCUT2D eigenvalue weighted by molar-refractivity contribution is 7.80. The van der Waals surface area contributed by atoms with E-state index in [4.69, 9.17) is 12.2 Å². The lowest BCUT2D eigenvalue weighted by molar-refractivity contribution is -0.161. The van der Waals surface area contributed by atoms with E-state index in [9.17, 15) is 13.2 Å².